The molecule has 1 aliphatic rings. The van der Waals surface area contributed by atoms with Gasteiger partial charge >= 0.3 is 0 Å². The minimum Gasteiger partial charge on any atom is -0.372 e. The number of aromatic nitrogens is 4. The normalized spacial score (nSPS) is 14.2. The zero-order chi connectivity index (χ0) is 16.9. The van der Waals surface area contributed by atoms with Crippen molar-refractivity contribution < 1.29 is 4.79 Å². The van der Waals surface area contributed by atoms with Gasteiger partial charge in [0.05, 0.1) is 5.75 Å². The number of nitrogens with one attached hydrogen (secondary N) is 1. The highest BCUT2D eigenvalue weighted by Gasteiger charge is 2.14. The van der Waals surface area contributed by atoms with Crippen molar-refractivity contribution in [2.45, 2.75) is 38.4 Å². The Bertz CT molecular complexity index is 710. The predicted molar refractivity (Wildman–Crippen MR) is 95.5 cm³/mol. The van der Waals surface area contributed by atoms with E-state index < -0.39 is 0 Å². The fraction of sp³-hybridized carbons (Fsp3) is 0.500. The van der Waals surface area contributed by atoms with Crippen molar-refractivity contribution in [1.82, 2.24) is 20.2 Å². The van der Waals surface area contributed by atoms with Crippen LogP contribution in [0.4, 0.5) is 11.4 Å². The number of rotatable bonds is 6. The molecule has 1 amide bonds. The lowest BCUT2D eigenvalue weighted by molar-refractivity contribution is -0.113. The zero-order valence-electron chi connectivity index (χ0n) is 14.0. The number of thioether (sulfide) groups is 1. The van der Waals surface area contributed by atoms with E-state index in [1.165, 1.54) is 30.3 Å². The van der Waals surface area contributed by atoms with Crippen LogP contribution in [-0.2, 0) is 11.3 Å². The van der Waals surface area contributed by atoms with Gasteiger partial charge in [-0.15, -0.1) is 5.10 Å². The maximum absolute atomic E-state index is 12.2. The van der Waals surface area contributed by atoms with E-state index in [0.717, 1.165) is 24.3 Å². The standard InChI is InChI=1S/C16H22N6OS/c1-3-22-16(18-19-20-22)24-11-15(23)17-14-7-6-13(10-12(14)2)21-8-4-5-9-21/h6-7,10H,3-5,8-9,11H2,1-2H3,(H,17,23). The number of carbonyl (C=O) groups excluding carboxylic acids is 1. The second-order valence-electron chi connectivity index (χ2n) is 5.81. The number of aryl methyl sites for hydroxylation is 2. The number of hydrogen-bond acceptors (Lipinski definition) is 6. The highest BCUT2D eigenvalue weighted by Crippen LogP contribution is 2.25. The molecule has 2 aromatic rings. The SMILES string of the molecule is CCn1nnnc1SCC(=O)Nc1ccc(N2CCCC2)cc1C. The summed E-state index contributed by atoms with van der Waals surface area (Å²) in [5.74, 6) is 0.232. The highest BCUT2D eigenvalue weighted by molar-refractivity contribution is 7.99. The molecule has 0 spiro atoms. The lowest BCUT2D eigenvalue weighted by Gasteiger charge is -2.19. The van der Waals surface area contributed by atoms with Crippen LogP contribution in [0.1, 0.15) is 25.3 Å². The molecule has 0 aliphatic carbocycles. The van der Waals surface area contributed by atoms with Crippen LogP contribution >= 0.6 is 11.8 Å². The second-order valence-corrected chi connectivity index (χ2v) is 6.75. The van der Waals surface area contributed by atoms with Gasteiger partial charge in [-0.3, -0.25) is 4.79 Å². The van der Waals surface area contributed by atoms with Crippen molar-refractivity contribution in [2.24, 2.45) is 0 Å². The van der Waals surface area contributed by atoms with E-state index in [4.69, 9.17) is 0 Å². The van der Waals surface area contributed by atoms with E-state index in [9.17, 15) is 4.79 Å². The fourth-order valence-electron chi connectivity index (χ4n) is 2.77. The molecule has 128 valence electrons. The zero-order valence-corrected chi connectivity index (χ0v) is 14.8. The first kappa shape index (κ1) is 16.8. The molecule has 1 saturated heterocycles. The highest BCUT2D eigenvalue weighted by atomic mass is 32.2. The van der Waals surface area contributed by atoms with Crippen LogP contribution in [0.25, 0.3) is 0 Å². The minimum absolute atomic E-state index is 0.0531. The summed E-state index contributed by atoms with van der Waals surface area (Å²) < 4.78 is 1.67. The van der Waals surface area contributed by atoms with Crippen LogP contribution < -0.4 is 10.2 Å². The molecule has 7 nitrogen and oxygen atoms in total. The van der Waals surface area contributed by atoms with E-state index in [-0.39, 0.29) is 11.7 Å². The van der Waals surface area contributed by atoms with Crippen LogP contribution in [0.15, 0.2) is 23.4 Å². The summed E-state index contributed by atoms with van der Waals surface area (Å²) in [4.78, 5) is 14.6. The van der Waals surface area contributed by atoms with E-state index in [1.807, 2.05) is 19.9 Å². The Balaban J connectivity index is 1.57. The van der Waals surface area contributed by atoms with Gasteiger partial charge < -0.3 is 10.2 Å². The number of benzene rings is 1. The van der Waals surface area contributed by atoms with Crippen molar-refractivity contribution in [2.75, 3.05) is 29.1 Å². The molecule has 0 radical (unpaired) electrons. The fourth-order valence-corrected chi connectivity index (χ4v) is 3.52. The van der Waals surface area contributed by atoms with Crippen LogP contribution in [0.3, 0.4) is 0 Å². The summed E-state index contributed by atoms with van der Waals surface area (Å²) in [6, 6.07) is 6.21. The van der Waals surface area contributed by atoms with Crippen molar-refractivity contribution >= 4 is 29.0 Å². The van der Waals surface area contributed by atoms with Gasteiger partial charge in [-0.1, -0.05) is 11.8 Å². The number of hydrogen-bond donors (Lipinski definition) is 1. The topological polar surface area (TPSA) is 75.9 Å². The smallest absolute Gasteiger partial charge is 0.234 e. The van der Waals surface area contributed by atoms with Gasteiger partial charge in [0.2, 0.25) is 11.1 Å². The number of tetrazole rings is 1. The molecule has 1 N–H and O–H groups in total. The Hall–Kier alpha value is -2.09. The summed E-state index contributed by atoms with van der Waals surface area (Å²) in [5.41, 5.74) is 3.18. The van der Waals surface area contributed by atoms with E-state index in [1.54, 1.807) is 4.68 Å². The maximum atomic E-state index is 12.2. The second kappa shape index (κ2) is 7.65. The Morgan fingerprint density at radius 1 is 1.33 bits per heavy atom. The van der Waals surface area contributed by atoms with Crippen LogP contribution in [-0.4, -0.2) is 45.0 Å². The van der Waals surface area contributed by atoms with Crippen molar-refractivity contribution in [1.29, 1.82) is 0 Å². The summed E-state index contributed by atoms with van der Waals surface area (Å²) >= 11 is 1.34. The number of anilines is 2. The quantitative estimate of drug-likeness (QED) is 0.809. The van der Waals surface area contributed by atoms with Gasteiger partial charge in [0, 0.05) is 31.0 Å². The Kier molecular flexibility index (Phi) is 5.34. The maximum Gasteiger partial charge on any atom is 0.234 e. The third kappa shape index (κ3) is 3.87. The van der Waals surface area contributed by atoms with Gasteiger partial charge in [-0.2, -0.15) is 0 Å². The molecular formula is C16H22N6OS. The van der Waals surface area contributed by atoms with Crippen molar-refractivity contribution in [3.63, 3.8) is 0 Å². The van der Waals surface area contributed by atoms with E-state index >= 15 is 0 Å². The molecule has 24 heavy (non-hydrogen) atoms. The largest absolute Gasteiger partial charge is 0.372 e. The third-order valence-electron chi connectivity index (χ3n) is 4.09. The molecule has 1 aromatic heterocycles. The molecule has 1 fully saturated rings. The van der Waals surface area contributed by atoms with Crippen LogP contribution in [0, 0.1) is 6.92 Å². The summed E-state index contributed by atoms with van der Waals surface area (Å²) in [7, 11) is 0. The monoisotopic (exact) mass is 346 g/mol. The van der Waals surface area contributed by atoms with Gasteiger partial charge in [-0.05, 0) is 60.9 Å². The number of nitrogens with zero attached hydrogens (tertiary/aromatic N) is 5. The van der Waals surface area contributed by atoms with Gasteiger partial charge in [0.25, 0.3) is 0 Å². The Labute approximate surface area is 145 Å². The summed E-state index contributed by atoms with van der Waals surface area (Å²) in [6.45, 7) is 6.92. The lowest BCUT2D eigenvalue weighted by atomic mass is 10.1. The Morgan fingerprint density at radius 3 is 2.83 bits per heavy atom. The third-order valence-corrected chi connectivity index (χ3v) is 5.04. The molecule has 1 aliphatic heterocycles. The Morgan fingerprint density at radius 2 is 2.12 bits per heavy atom. The van der Waals surface area contributed by atoms with Crippen LogP contribution in [0.5, 0.6) is 0 Å². The van der Waals surface area contributed by atoms with E-state index in [2.05, 4.69) is 37.9 Å². The van der Waals surface area contributed by atoms with Crippen molar-refractivity contribution in [3.8, 4) is 0 Å². The predicted octanol–water partition coefficient (Wildman–Crippen LogP) is 2.33. The summed E-state index contributed by atoms with van der Waals surface area (Å²) in [5, 5.41) is 15.0. The average molecular weight is 346 g/mol. The van der Waals surface area contributed by atoms with Gasteiger partial charge in [0.1, 0.15) is 0 Å². The first-order valence-electron chi connectivity index (χ1n) is 8.22. The number of amides is 1. The minimum atomic E-state index is -0.0531. The molecule has 2 heterocycles. The molecule has 1 aromatic carbocycles. The van der Waals surface area contributed by atoms with Gasteiger partial charge in [0.15, 0.2) is 0 Å². The first-order chi connectivity index (χ1) is 11.7. The molecule has 0 unspecified atom stereocenters. The molecule has 0 bridgehead atoms. The van der Waals surface area contributed by atoms with Crippen LogP contribution in [0.2, 0.25) is 0 Å². The van der Waals surface area contributed by atoms with E-state index in [0.29, 0.717) is 11.7 Å². The molecule has 8 heteroatoms. The molecule has 3 rings (SSSR count). The van der Waals surface area contributed by atoms with Crippen molar-refractivity contribution in [3.05, 3.63) is 23.8 Å². The first-order valence-corrected chi connectivity index (χ1v) is 9.20. The lowest BCUT2D eigenvalue weighted by Crippen LogP contribution is -2.18. The molecule has 0 saturated carbocycles. The van der Waals surface area contributed by atoms with Gasteiger partial charge in [-0.25, -0.2) is 4.68 Å². The number of carbonyl (C=O) groups is 1. The molecule has 0 atom stereocenters. The average Bonchev–Trinajstić information content (AvgIpc) is 3.26. The molecular weight excluding hydrogens is 324 g/mol. The summed E-state index contributed by atoms with van der Waals surface area (Å²) in [6.07, 6.45) is 2.51.